The number of aromatic nitrogens is 2. The minimum atomic E-state index is 0. The van der Waals surface area contributed by atoms with Gasteiger partial charge in [0.15, 0.2) is 16.7 Å². The Hall–Kier alpha value is -2.25. The lowest BCUT2D eigenvalue weighted by molar-refractivity contribution is 0.306. The highest BCUT2D eigenvalue weighted by atomic mass is 35.5. The zero-order chi connectivity index (χ0) is 20.1. The second-order valence-corrected chi connectivity index (χ2v) is 8.62. The van der Waals surface area contributed by atoms with Gasteiger partial charge in [0, 0.05) is 21.4 Å². The highest BCUT2D eigenvalue weighted by molar-refractivity contribution is 7.99. The first-order valence-corrected chi connectivity index (χ1v) is 11.0. The topological polar surface area (TPSA) is 47.0 Å². The Morgan fingerprint density at radius 2 is 1.87 bits per heavy atom. The molecule has 0 aliphatic heterocycles. The van der Waals surface area contributed by atoms with Crippen molar-refractivity contribution >= 4 is 58.1 Å². The molecule has 8 heteroatoms. The molecule has 0 unspecified atom stereocenters. The zero-order valence-corrected chi connectivity index (χ0v) is 19.2. The Balaban J connectivity index is 0.00000256. The van der Waals surface area contributed by atoms with E-state index in [4.69, 9.17) is 16.3 Å². The molecule has 0 atom stereocenters. The summed E-state index contributed by atoms with van der Waals surface area (Å²) in [6, 6.07) is 19.8. The molecule has 0 radical (unpaired) electrons. The fourth-order valence-electron chi connectivity index (χ4n) is 2.59. The minimum absolute atomic E-state index is 0. The minimum Gasteiger partial charge on any atom is -0.485 e. The van der Waals surface area contributed by atoms with Crippen molar-refractivity contribution in [3.63, 3.8) is 0 Å². The molecule has 2 aromatic carbocycles. The van der Waals surface area contributed by atoms with Gasteiger partial charge in [-0.05, 0) is 30.7 Å². The lowest BCUT2D eigenvalue weighted by Crippen LogP contribution is -2.01. The maximum Gasteiger partial charge on any atom is 0.188 e. The van der Waals surface area contributed by atoms with E-state index >= 15 is 0 Å². The number of halogens is 2. The van der Waals surface area contributed by atoms with Crippen molar-refractivity contribution < 1.29 is 4.74 Å². The highest BCUT2D eigenvalue weighted by Gasteiger charge is 2.12. The molecular weight excluding hydrogens is 457 g/mol. The van der Waals surface area contributed by atoms with Crippen molar-refractivity contribution in [3.8, 4) is 5.75 Å². The predicted molar refractivity (Wildman–Crippen MR) is 128 cm³/mol. The molecule has 0 saturated heterocycles. The normalized spacial score (nSPS) is 10.3. The largest absolute Gasteiger partial charge is 0.485 e. The number of ether oxygens (including phenoxy) is 1. The van der Waals surface area contributed by atoms with Crippen LogP contribution in [-0.4, -0.2) is 9.97 Å². The quantitative estimate of drug-likeness (QED) is 0.301. The molecule has 0 amide bonds. The molecule has 4 rings (SSSR count). The Labute approximate surface area is 195 Å². The fraction of sp³-hybridized carbons (Fsp3) is 0.0909. The van der Waals surface area contributed by atoms with Crippen LogP contribution < -0.4 is 10.1 Å². The number of hydrogen-bond acceptors (Lipinski definition) is 6. The summed E-state index contributed by atoms with van der Waals surface area (Å²) in [5.41, 5.74) is 2.06. The number of nitrogens with zero attached hydrogens (tertiary/aromatic N) is 2. The Kier molecular flexibility index (Phi) is 7.99. The monoisotopic (exact) mass is 475 g/mol. The third-order valence-corrected chi connectivity index (χ3v) is 6.33. The van der Waals surface area contributed by atoms with Gasteiger partial charge in [0.1, 0.15) is 6.61 Å². The molecule has 2 aromatic heterocycles. The second kappa shape index (κ2) is 10.7. The molecule has 0 aliphatic carbocycles. The molecule has 0 spiro atoms. The molecule has 0 fully saturated rings. The third-order valence-electron chi connectivity index (χ3n) is 3.97. The summed E-state index contributed by atoms with van der Waals surface area (Å²) in [5, 5.41) is 6.76. The van der Waals surface area contributed by atoms with E-state index in [2.05, 4.69) is 15.3 Å². The fourth-order valence-corrected chi connectivity index (χ4v) is 4.36. The Morgan fingerprint density at radius 1 is 1.10 bits per heavy atom. The summed E-state index contributed by atoms with van der Waals surface area (Å²) in [4.78, 5) is 11.0. The molecule has 30 heavy (non-hydrogen) atoms. The number of thiazole rings is 1. The third kappa shape index (κ3) is 5.89. The molecule has 4 aromatic rings. The first kappa shape index (κ1) is 22.4. The van der Waals surface area contributed by atoms with Crippen LogP contribution in [0, 0.1) is 6.92 Å². The molecular formula is C22H19Cl2N3OS2. The molecule has 0 aliphatic rings. The van der Waals surface area contributed by atoms with Crippen LogP contribution in [0.1, 0.15) is 11.3 Å². The number of benzene rings is 2. The smallest absolute Gasteiger partial charge is 0.188 e. The summed E-state index contributed by atoms with van der Waals surface area (Å²) < 4.78 is 6.12. The van der Waals surface area contributed by atoms with Gasteiger partial charge in [-0.3, -0.25) is 0 Å². The van der Waals surface area contributed by atoms with Crippen LogP contribution in [0.4, 0.5) is 10.9 Å². The van der Waals surface area contributed by atoms with Crippen LogP contribution in [0.15, 0.2) is 82.0 Å². The van der Waals surface area contributed by atoms with E-state index in [1.54, 1.807) is 11.8 Å². The van der Waals surface area contributed by atoms with Gasteiger partial charge in [-0.2, -0.15) is 0 Å². The van der Waals surface area contributed by atoms with E-state index in [1.807, 2.05) is 79.2 Å². The van der Waals surface area contributed by atoms with Gasteiger partial charge in [0.25, 0.3) is 0 Å². The number of rotatable bonds is 7. The molecule has 0 saturated carbocycles. The van der Waals surface area contributed by atoms with Crippen molar-refractivity contribution in [1.82, 2.24) is 9.97 Å². The van der Waals surface area contributed by atoms with Gasteiger partial charge in [-0.15, -0.1) is 23.7 Å². The maximum absolute atomic E-state index is 6.30. The zero-order valence-electron chi connectivity index (χ0n) is 16.0. The SMILES string of the molecule is Cc1csc(Nc2ncc(Sc3ccccc3Cl)cc2OCc2ccccc2)n1.Cl. The maximum atomic E-state index is 6.30. The van der Waals surface area contributed by atoms with E-state index in [9.17, 15) is 0 Å². The van der Waals surface area contributed by atoms with Gasteiger partial charge in [0.2, 0.25) is 0 Å². The number of aryl methyl sites for hydroxylation is 1. The summed E-state index contributed by atoms with van der Waals surface area (Å²) >= 11 is 9.39. The first-order valence-electron chi connectivity index (χ1n) is 8.96. The lowest BCUT2D eigenvalue weighted by atomic mass is 10.2. The molecule has 2 heterocycles. The van der Waals surface area contributed by atoms with E-state index in [0.717, 1.165) is 26.2 Å². The molecule has 0 bridgehead atoms. The summed E-state index contributed by atoms with van der Waals surface area (Å²) in [6.45, 7) is 2.42. The van der Waals surface area contributed by atoms with E-state index in [1.165, 1.54) is 11.3 Å². The van der Waals surface area contributed by atoms with Crippen molar-refractivity contribution in [2.24, 2.45) is 0 Å². The number of anilines is 2. The van der Waals surface area contributed by atoms with Crippen LogP contribution >= 0.6 is 47.1 Å². The van der Waals surface area contributed by atoms with Crippen LogP contribution in [0.3, 0.4) is 0 Å². The first-order chi connectivity index (χ1) is 14.2. The predicted octanol–water partition coefficient (Wildman–Crippen LogP) is 7.40. The van der Waals surface area contributed by atoms with E-state index in [-0.39, 0.29) is 12.4 Å². The molecule has 4 nitrogen and oxygen atoms in total. The lowest BCUT2D eigenvalue weighted by Gasteiger charge is -2.13. The van der Waals surface area contributed by atoms with Crippen LogP contribution in [-0.2, 0) is 6.61 Å². The average molecular weight is 476 g/mol. The summed E-state index contributed by atoms with van der Waals surface area (Å²) in [6.07, 6.45) is 1.81. The van der Waals surface area contributed by atoms with Crippen LogP contribution in [0.25, 0.3) is 0 Å². The number of pyridine rings is 1. The number of nitrogens with one attached hydrogen (secondary N) is 1. The second-order valence-electron chi connectivity index (χ2n) is 6.24. The van der Waals surface area contributed by atoms with Gasteiger partial charge in [0.05, 0.1) is 10.7 Å². The molecule has 1 N–H and O–H groups in total. The van der Waals surface area contributed by atoms with E-state index in [0.29, 0.717) is 23.2 Å². The van der Waals surface area contributed by atoms with Crippen molar-refractivity contribution in [2.45, 2.75) is 23.3 Å². The van der Waals surface area contributed by atoms with Gasteiger partial charge in [-0.1, -0.05) is 65.8 Å². The van der Waals surface area contributed by atoms with Crippen LogP contribution in [0.5, 0.6) is 5.75 Å². The summed E-state index contributed by atoms with van der Waals surface area (Å²) in [5.74, 6) is 1.30. The van der Waals surface area contributed by atoms with Crippen molar-refractivity contribution in [2.75, 3.05) is 5.32 Å². The van der Waals surface area contributed by atoms with Gasteiger partial charge >= 0.3 is 0 Å². The van der Waals surface area contributed by atoms with Gasteiger partial charge in [-0.25, -0.2) is 9.97 Å². The Bertz CT molecular complexity index is 1110. The van der Waals surface area contributed by atoms with Crippen molar-refractivity contribution in [3.05, 3.63) is 88.5 Å². The van der Waals surface area contributed by atoms with Crippen molar-refractivity contribution in [1.29, 1.82) is 0 Å². The highest BCUT2D eigenvalue weighted by Crippen LogP contribution is 2.37. The Morgan fingerprint density at radius 3 is 2.60 bits per heavy atom. The summed E-state index contributed by atoms with van der Waals surface area (Å²) in [7, 11) is 0. The average Bonchev–Trinajstić information content (AvgIpc) is 3.15. The van der Waals surface area contributed by atoms with Gasteiger partial charge < -0.3 is 10.1 Å². The molecule has 154 valence electrons. The standard InChI is InChI=1S/C22H18ClN3OS2.ClH/c1-15-14-28-22(25-15)26-21-19(27-13-16-7-3-2-4-8-16)11-17(12-24-21)29-20-10-6-5-9-18(20)23;/h2-12,14H,13H2,1H3,(H,24,25,26);1H. The number of hydrogen-bond donors (Lipinski definition) is 1. The van der Waals surface area contributed by atoms with Crippen LogP contribution in [0.2, 0.25) is 5.02 Å². The van der Waals surface area contributed by atoms with E-state index < -0.39 is 0 Å².